The van der Waals surface area contributed by atoms with Crippen LogP contribution in [0.2, 0.25) is 0 Å². The smallest absolute Gasteiger partial charge is 0.226 e. The zero-order chi connectivity index (χ0) is 19.5. The van der Waals surface area contributed by atoms with Crippen LogP contribution in [0.3, 0.4) is 0 Å². The molecule has 0 spiro atoms. The zero-order valence-electron chi connectivity index (χ0n) is 15.6. The summed E-state index contributed by atoms with van der Waals surface area (Å²) in [5.41, 5.74) is 2.85. The fourth-order valence-electron chi connectivity index (χ4n) is 3.45. The first-order chi connectivity index (χ1) is 13.7. The molecule has 1 aromatic heterocycles. The second kappa shape index (κ2) is 7.60. The lowest BCUT2D eigenvalue weighted by atomic mass is 9.87. The fourth-order valence-corrected chi connectivity index (χ4v) is 3.45. The molecule has 1 amide bonds. The quantitative estimate of drug-likeness (QED) is 0.663. The van der Waals surface area contributed by atoms with Crippen LogP contribution in [0.15, 0.2) is 67.4 Å². The molecule has 6 heteroatoms. The van der Waals surface area contributed by atoms with Gasteiger partial charge in [-0.3, -0.25) is 4.79 Å². The first kappa shape index (κ1) is 17.9. The summed E-state index contributed by atoms with van der Waals surface area (Å²) in [6.07, 6.45) is 3.85. The lowest BCUT2D eigenvalue weighted by Gasteiger charge is -2.24. The number of anilines is 1. The summed E-state index contributed by atoms with van der Waals surface area (Å²) in [6, 6.07) is 15.5. The molecule has 0 saturated heterocycles. The minimum atomic E-state index is -0.108. The molecule has 2 aromatic carbocycles. The molecule has 1 aliphatic heterocycles. The third-order valence-electron chi connectivity index (χ3n) is 4.77. The number of ether oxygens (including phenoxy) is 2. The highest BCUT2D eigenvalue weighted by molar-refractivity contribution is 5.94. The maximum Gasteiger partial charge on any atom is 0.226 e. The van der Waals surface area contributed by atoms with E-state index >= 15 is 0 Å². The van der Waals surface area contributed by atoms with E-state index in [-0.39, 0.29) is 11.8 Å². The summed E-state index contributed by atoms with van der Waals surface area (Å²) in [6.45, 7) is 4.06. The molecule has 6 nitrogen and oxygen atoms in total. The van der Waals surface area contributed by atoms with Crippen molar-refractivity contribution < 1.29 is 14.3 Å². The second-order valence-electron chi connectivity index (χ2n) is 6.51. The van der Waals surface area contributed by atoms with Crippen LogP contribution >= 0.6 is 0 Å². The van der Waals surface area contributed by atoms with E-state index in [1.165, 1.54) is 0 Å². The summed E-state index contributed by atoms with van der Waals surface area (Å²) in [5, 5.41) is 7.48. The Kier molecular flexibility index (Phi) is 4.85. The van der Waals surface area contributed by atoms with Crippen LogP contribution in [0.25, 0.3) is 5.69 Å². The molecule has 0 bridgehead atoms. The van der Waals surface area contributed by atoms with Crippen molar-refractivity contribution in [3.05, 3.63) is 78.5 Å². The maximum atomic E-state index is 12.4. The Morgan fingerprint density at radius 2 is 2.07 bits per heavy atom. The second-order valence-corrected chi connectivity index (χ2v) is 6.51. The van der Waals surface area contributed by atoms with Gasteiger partial charge in [-0.05, 0) is 29.8 Å². The first-order valence-corrected chi connectivity index (χ1v) is 9.06. The Bertz CT molecular complexity index is 1010. The molecule has 0 fully saturated rings. The number of aromatic nitrogens is 2. The topological polar surface area (TPSA) is 65.4 Å². The maximum absolute atomic E-state index is 12.4. The number of nitrogens with zero attached hydrogens (tertiary/aromatic N) is 2. The van der Waals surface area contributed by atoms with E-state index in [0.29, 0.717) is 30.3 Å². The average molecular weight is 375 g/mol. The number of rotatable bonds is 6. The van der Waals surface area contributed by atoms with Crippen LogP contribution in [0.4, 0.5) is 5.82 Å². The lowest BCUT2D eigenvalue weighted by molar-refractivity contribution is -0.116. The highest BCUT2D eigenvalue weighted by Crippen LogP contribution is 2.40. The van der Waals surface area contributed by atoms with Gasteiger partial charge >= 0.3 is 0 Å². The van der Waals surface area contributed by atoms with E-state index in [1.807, 2.05) is 54.7 Å². The normalized spacial score (nSPS) is 15.5. The lowest BCUT2D eigenvalue weighted by Crippen LogP contribution is -2.24. The van der Waals surface area contributed by atoms with Crippen LogP contribution in [0.5, 0.6) is 11.5 Å². The van der Waals surface area contributed by atoms with Crippen molar-refractivity contribution in [3.8, 4) is 17.2 Å². The van der Waals surface area contributed by atoms with Gasteiger partial charge in [0.15, 0.2) is 11.5 Å². The summed E-state index contributed by atoms with van der Waals surface area (Å²) in [4.78, 5) is 12.4. The summed E-state index contributed by atoms with van der Waals surface area (Å²) >= 11 is 0. The van der Waals surface area contributed by atoms with E-state index in [0.717, 1.165) is 16.8 Å². The molecule has 4 rings (SSSR count). The molecule has 28 heavy (non-hydrogen) atoms. The molecule has 142 valence electrons. The Morgan fingerprint density at radius 3 is 2.82 bits per heavy atom. The molecule has 0 aliphatic carbocycles. The van der Waals surface area contributed by atoms with E-state index in [1.54, 1.807) is 17.9 Å². The summed E-state index contributed by atoms with van der Waals surface area (Å²) < 4.78 is 12.9. The number of fused-ring (bicyclic) bond motifs is 1. The first-order valence-electron chi connectivity index (χ1n) is 9.06. The Morgan fingerprint density at radius 1 is 1.25 bits per heavy atom. The number of carbonyl (C=O) groups excluding carboxylic acids is 1. The van der Waals surface area contributed by atoms with Gasteiger partial charge in [0.2, 0.25) is 5.91 Å². The number of methoxy groups -OCH3 is 1. The molecule has 1 atom stereocenters. The van der Waals surface area contributed by atoms with Crippen molar-refractivity contribution in [3.63, 3.8) is 0 Å². The average Bonchev–Trinajstić information content (AvgIpc) is 3.16. The Labute approximate surface area is 163 Å². The van der Waals surface area contributed by atoms with Gasteiger partial charge in [-0.25, -0.2) is 4.68 Å². The predicted molar refractivity (Wildman–Crippen MR) is 107 cm³/mol. The molecule has 1 N–H and O–H groups in total. The van der Waals surface area contributed by atoms with Gasteiger partial charge in [-0.2, -0.15) is 5.10 Å². The van der Waals surface area contributed by atoms with Crippen molar-refractivity contribution in [1.82, 2.24) is 9.78 Å². The number of hydrogen-bond donors (Lipinski definition) is 1. The van der Waals surface area contributed by atoms with E-state index in [4.69, 9.17) is 9.47 Å². The van der Waals surface area contributed by atoms with Crippen LogP contribution in [0, 0.1) is 0 Å². The van der Waals surface area contributed by atoms with Crippen molar-refractivity contribution in [1.29, 1.82) is 0 Å². The molecule has 0 radical (unpaired) electrons. The summed E-state index contributed by atoms with van der Waals surface area (Å²) in [5.74, 6) is 1.83. The highest BCUT2D eigenvalue weighted by Gasteiger charge is 2.31. The minimum absolute atomic E-state index is 0.0406. The van der Waals surface area contributed by atoms with Crippen LogP contribution in [-0.2, 0) is 4.79 Å². The van der Waals surface area contributed by atoms with Crippen LogP contribution in [0.1, 0.15) is 23.5 Å². The molecule has 2 heterocycles. The Hall–Kier alpha value is -3.54. The fraction of sp³-hybridized carbons (Fsp3) is 0.182. The summed E-state index contributed by atoms with van der Waals surface area (Å²) in [7, 11) is 1.60. The van der Waals surface area contributed by atoms with E-state index in [9.17, 15) is 4.79 Å². The Balaban J connectivity index is 1.74. The number of carbonyl (C=O) groups is 1. The van der Waals surface area contributed by atoms with Crippen molar-refractivity contribution >= 4 is 11.7 Å². The van der Waals surface area contributed by atoms with Crippen LogP contribution < -0.4 is 14.8 Å². The molecular formula is C22H21N3O3. The van der Waals surface area contributed by atoms with Gasteiger partial charge in [0.05, 0.1) is 19.0 Å². The molecule has 1 aliphatic rings. The predicted octanol–water partition coefficient (Wildman–Crippen LogP) is 3.92. The van der Waals surface area contributed by atoms with Gasteiger partial charge in [-0.1, -0.05) is 36.9 Å². The van der Waals surface area contributed by atoms with E-state index < -0.39 is 0 Å². The molecule has 0 unspecified atom stereocenters. The molecule has 3 aromatic rings. The van der Waals surface area contributed by atoms with Gasteiger partial charge in [0, 0.05) is 17.9 Å². The highest BCUT2D eigenvalue weighted by atomic mass is 16.5. The van der Waals surface area contributed by atoms with Crippen molar-refractivity contribution in [2.75, 3.05) is 19.0 Å². The minimum Gasteiger partial charge on any atom is -0.493 e. The third kappa shape index (κ3) is 3.24. The van der Waals surface area contributed by atoms with Gasteiger partial charge in [0.1, 0.15) is 12.4 Å². The third-order valence-corrected chi connectivity index (χ3v) is 4.77. The standard InChI is InChI=1S/C22H21N3O3/c1-3-11-28-19-10-9-15(12-20(19)27-2)17-13-21(26)24-22-18(17)14-23-25(22)16-7-5-4-6-8-16/h3-10,12,14,17H,1,11,13H2,2H3,(H,24,26)/t17-/m0/s1. The largest absolute Gasteiger partial charge is 0.493 e. The van der Waals surface area contributed by atoms with Crippen molar-refractivity contribution in [2.24, 2.45) is 0 Å². The van der Waals surface area contributed by atoms with Crippen molar-refractivity contribution in [2.45, 2.75) is 12.3 Å². The monoisotopic (exact) mass is 375 g/mol. The van der Waals surface area contributed by atoms with Gasteiger partial charge < -0.3 is 14.8 Å². The van der Waals surface area contributed by atoms with Crippen LogP contribution in [-0.4, -0.2) is 29.4 Å². The SMILES string of the molecule is C=CCOc1ccc([C@@H]2CC(=O)Nc3c2cnn3-c2ccccc2)cc1OC. The number of hydrogen-bond acceptors (Lipinski definition) is 4. The van der Waals surface area contributed by atoms with Gasteiger partial charge in [-0.15, -0.1) is 0 Å². The number of nitrogens with one attached hydrogen (secondary N) is 1. The zero-order valence-corrected chi connectivity index (χ0v) is 15.6. The van der Waals surface area contributed by atoms with Gasteiger partial charge in [0.25, 0.3) is 0 Å². The molecule has 0 saturated carbocycles. The number of amides is 1. The van der Waals surface area contributed by atoms with E-state index in [2.05, 4.69) is 17.0 Å². The molecular weight excluding hydrogens is 354 g/mol. The number of benzene rings is 2. The number of para-hydroxylation sites is 1.